The van der Waals surface area contributed by atoms with Gasteiger partial charge in [-0.3, -0.25) is 4.79 Å². The molecule has 3 nitrogen and oxygen atoms in total. The zero-order valence-corrected chi connectivity index (χ0v) is 16.1. The molecule has 0 saturated carbocycles. The first kappa shape index (κ1) is 18.2. The molecule has 0 fully saturated rings. The number of aryl methyl sites for hydroxylation is 2. The Morgan fingerprint density at radius 2 is 1.88 bits per heavy atom. The molecule has 136 valence electrons. The van der Waals surface area contributed by atoms with Crippen molar-refractivity contribution in [1.29, 1.82) is 0 Å². The van der Waals surface area contributed by atoms with E-state index in [4.69, 9.17) is 0 Å². The molecular formula is C23H28N2O. The summed E-state index contributed by atoms with van der Waals surface area (Å²) in [5, 5.41) is 4.31. The molecule has 2 N–H and O–H groups in total. The van der Waals surface area contributed by atoms with E-state index < -0.39 is 0 Å². The van der Waals surface area contributed by atoms with Gasteiger partial charge in [0.1, 0.15) is 0 Å². The average Bonchev–Trinajstić information content (AvgIpc) is 3.04. The molecule has 1 heterocycles. The van der Waals surface area contributed by atoms with Crippen LogP contribution in [0.1, 0.15) is 54.9 Å². The van der Waals surface area contributed by atoms with E-state index >= 15 is 0 Å². The quantitative estimate of drug-likeness (QED) is 0.630. The second-order valence-electron chi connectivity index (χ2n) is 7.28. The van der Waals surface area contributed by atoms with Gasteiger partial charge in [0, 0.05) is 35.5 Å². The first-order valence-electron chi connectivity index (χ1n) is 9.42. The molecule has 3 heteroatoms. The van der Waals surface area contributed by atoms with Gasteiger partial charge in [-0.15, -0.1) is 0 Å². The van der Waals surface area contributed by atoms with E-state index in [1.54, 1.807) is 0 Å². The van der Waals surface area contributed by atoms with Crippen molar-refractivity contribution in [2.75, 3.05) is 0 Å². The molecule has 2 aromatic carbocycles. The lowest BCUT2D eigenvalue weighted by molar-refractivity contribution is -0.121. The van der Waals surface area contributed by atoms with Gasteiger partial charge in [-0.1, -0.05) is 48.9 Å². The molecule has 1 amide bonds. The molecule has 0 aliphatic rings. The van der Waals surface area contributed by atoms with Gasteiger partial charge in [0.25, 0.3) is 0 Å². The molecule has 0 saturated heterocycles. The van der Waals surface area contributed by atoms with Crippen LogP contribution in [0, 0.1) is 13.8 Å². The van der Waals surface area contributed by atoms with E-state index in [1.165, 1.54) is 27.6 Å². The fourth-order valence-electron chi connectivity index (χ4n) is 3.61. The van der Waals surface area contributed by atoms with E-state index in [2.05, 4.69) is 80.6 Å². The van der Waals surface area contributed by atoms with Crippen molar-refractivity contribution in [3.63, 3.8) is 0 Å². The topological polar surface area (TPSA) is 44.9 Å². The molecule has 0 aliphatic heterocycles. The zero-order chi connectivity index (χ0) is 18.7. The molecule has 2 atom stereocenters. The van der Waals surface area contributed by atoms with Gasteiger partial charge in [-0.2, -0.15) is 0 Å². The number of hydrogen-bond acceptors (Lipinski definition) is 1. The molecule has 2 unspecified atom stereocenters. The van der Waals surface area contributed by atoms with Crippen molar-refractivity contribution in [3.05, 3.63) is 70.9 Å². The highest BCUT2D eigenvalue weighted by molar-refractivity contribution is 5.86. The highest BCUT2D eigenvalue weighted by atomic mass is 16.1. The number of H-pyrrole nitrogens is 1. The maximum atomic E-state index is 12.7. The predicted octanol–water partition coefficient (Wildman–Crippen LogP) is 5.22. The molecule has 1 aromatic heterocycles. The first-order chi connectivity index (χ1) is 12.5. The Bertz CT molecular complexity index is 909. The molecule has 0 aliphatic carbocycles. The Kier molecular flexibility index (Phi) is 5.46. The lowest BCUT2D eigenvalue weighted by Crippen LogP contribution is -2.33. The van der Waals surface area contributed by atoms with Crippen molar-refractivity contribution < 1.29 is 4.79 Å². The number of amides is 1. The third kappa shape index (κ3) is 3.82. The summed E-state index contributed by atoms with van der Waals surface area (Å²) in [6.07, 6.45) is 3.45. The van der Waals surface area contributed by atoms with Crippen LogP contribution in [-0.4, -0.2) is 16.9 Å². The lowest BCUT2D eigenvalue weighted by atomic mass is 9.85. The number of aromatic amines is 1. The molecule has 26 heavy (non-hydrogen) atoms. The van der Waals surface area contributed by atoms with E-state index in [0.29, 0.717) is 6.42 Å². The summed E-state index contributed by atoms with van der Waals surface area (Å²) in [5.41, 5.74) is 6.00. The molecular weight excluding hydrogens is 320 g/mol. The van der Waals surface area contributed by atoms with Crippen molar-refractivity contribution in [3.8, 4) is 0 Å². The van der Waals surface area contributed by atoms with Gasteiger partial charge in [-0.25, -0.2) is 0 Å². The molecule has 0 spiro atoms. The zero-order valence-electron chi connectivity index (χ0n) is 16.1. The number of hydrogen-bond donors (Lipinski definition) is 2. The highest BCUT2D eigenvalue weighted by Gasteiger charge is 2.23. The summed E-state index contributed by atoms with van der Waals surface area (Å²) in [4.78, 5) is 16.0. The third-order valence-electron chi connectivity index (χ3n) is 5.21. The van der Waals surface area contributed by atoms with Crippen LogP contribution in [0.3, 0.4) is 0 Å². The first-order valence-corrected chi connectivity index (χ1v) is 9.42. The van der Waals surface area contributed by atoms with E-state index in [-0.39, 0.29) is 17.9 Å². The maximum absolute atomic E-state index is 12.7. The van der Waals surface area contributed by atoms with Crippen LogP contribution < -0.4 is 5.32 Å². The third-order valence-corrected chi connectivity index (χ3v) is 5.21. The summed E-state index contributed by atoms with van der Waals surface area (Å²) in [5.74, 6) is 0.144. The largest absolute Gasteiger partial charge is 0.361 e. The molecule has 3 aromatic rings. The number of fused-ring (bicyclic) bond motifs is 1. The van der Waals surface area contributed by atoms with Gasteiger partial charge in [0.15, 0.2) is 0 Å². The summed E-state index contributed by atoms with van der Waals surface area (Å²) < 4.78 is 0. The van der Waals surface area contributed by atoms with Crippen molar-refractivity contribution in [2.45, 2.75) is 52.5 Å². The van der Waals surface area contributed by atoms with Crippen molar-refractivity contribution >= 4 is 16.8 Å². The maximum Gasteiger partial charge on any atom is 0.221 e. The number of carbonyl (C=O) groups excluding carboxylic acids is 1. The second kappa shape index (κ2) is 7.77. The van der Waals surface area contributed by atoms with Crippen LogP contribution >= 0.6 is 0 Å². The number of carbonyl (C=O) groups is 1. The number of nitrogens with one attached hydrogen (secondary N) is 2. The predicted molar refractivity (Wildman–Crippen MR) is 109 cm³/mol. The fraction of sp³-hybridized carbons (Fsp3) is 0.348. The Hall–Kier alpha value is -2.55. The Balaban J connectivity index is 2.03. The summed E-state index contributed by atoms with van der Waals surface area (Å²) in [6.45, 7) is 8.38. The summed E-state index contributed by atoms with van der Waals surface area (Å²) in [6, 6.07) is 15.0. The van der Waals surface area contributed by atoms with Crippen molar-refractivity contribution in [1.82, 2.24) is 10.3 Å². The standard InChI is InChI=1S/C23H28N2O/c1-5-17(4)25-23(26)13-20(18-11-10-15(2)12-16(18)3)21-14-24-22-9-7-6-8-19(21)22/h6-12,14,17,20,24H,5,13H2,1-4H3,(H,25,26). The number of benzene rings is 2. The highest BCUT2D eigenvalue weighted by Crippen LogP contribution is 2.35. The van der Waals surface area contributed by atoms with Crippen LogP contribution in [0.4, 0.5) is 0 Å². The van der Waals surface area contributed by atoms with E-state index in [0.717, 1.165) is 11.9 Å². The number of para-hydroxylation sites is 1. The normalized spacial score (nSPS) is 13.5. The van der Waals surface area contributed by atoms with Crippen LogP contribution in [0.5, 0.6) is 0 Å². The number of aromatic nitrogens is 1. The Labute approximate surface area is 155 Å². The Morgan fingerprint density at radius 3 is 2.62 bits per heavy atom. The molecule has 3 rings (SSSR count). The van der Waals surface area contributed by atoms with Crippen LogP contribution in [0.2, 0.25) is 0 Å². The molecule has 0 radical (unpaired) electrons. The smallest absolute Gasteiger partial charge is 0.221 e. The van der Waals surface area contributed by atoms with Gasteiger partial charge >= 0.3 is 0 Å². The fourth-order valence-corrected chi connectivity index (χ4v) is 3.61. The van der Waals surface area contributed by atoms with Gasteiger partial charge in [0.05, 0.1) is 0 Å². The summed E-state index contributed by atoms with van der Waals surface area (Å²) in [7, 11) is 0. The minimum atomic E-state index is 0.0378. The SMILES string of the molecule is CCC(C)NC(=O)CC(c1ccc(C)cc1C)c1c[nH]c2ccccc12. The van der Waals surface area contributed by atoms with E-state index in [1.807, 2.05) is 6.07 Å². The van der Waals surface area contributed by atoms with Crippen LogP contribution in [-0.2, 0) is 4.79 Å². The second-order valence-corrected chi connectivity index (χ2v) is 7.28. The minimum Gasteiger partial charge on any atom is -0.361 e. The average molecular weight is 348 g/mol. The van der Waals surface area contributed by atoms with Crippen LogP contribution in [0.15, 0.2) is 48.7 Å². The van der Waals surface area contributed by atoms with Gasteiger partial charge in [0.2, 0.25) is 5.91 Å². The summed E-state index contributed by atoms with van der Waals surface area (Å²) >= 11 is 0. The van der Waals surface area contributed by atoms with Crippen molar-refractivity contribution in [2.24, 2.45) is 0 Å². The van der Waals surface area contributed by atoms with Crippen LogP contribution in [0.25, 0.3) is 10.9 Å². The Morgan fingerprint density at radius 1 is 1.12 bits per heavy atom. The lowest BCUT2D eigenvalue weighted by Gasteiger charge is -2.21. The van der Waals surface area contributed by atoms with Gasteiger partial charge in [-0.05, 0) is 49.9 Å². The minimum absolute atomic E-state index is 0.0378. The monoisotopic (exact) mass is 348 g/mol. The number of rotatable bonds is 6. The van der Waals surface area contributed by atoms with Gasteiger partial charge < -0.3 is 10.3 Å². The molecule has 0 bridgehead atoms. The van der Waals surface area contributed by atoms with E-state index in [9.17, 15) is 4.79 Å².